The highest BCUT2D eigenvalue weighted by atomic mass is 16.6. The van der Waals surface area contributed by atoms with Crippen molar-refractivity contribution in [3.63, 3.8) is 0 Å². The molecule has 4 aromatic rings. The number of hydrogen-bond donors (Lipinski definition) is 1. The van der Waals surface area contributed by atoms with E-state index in [1.54, 1.807) is 13.0 Å². The molecule has 0 bridgehead atoms. The summed E-state index contributed by atoms with van der Waals surface area (Å²) in [6.45, 7) is 3.06. The van der Waals surface area contributed by atoms with E-state index in [1.807, 2.05) is 24.5 Å². The highest BCUT2D eigenvalue weighted by Crippen LogP contribution is 2.19. The average Bonchev–Trinajstić information content (AvgIpc) is 3.10. The molecule has 0 spiro atoms. The Bertz CT molecular complexity index is 1140. The molecule has 1 N–H and O–H groups in total. The van der Waals surface area contributed by atoms with E-state index in [9.17, 15) is 10.1 Å². The van der Waals surface area contributed by atoms with Gasteiger partial charge in [0.15, 0.2) is 0 Å². The number of hydrogen-bond acceptors (Lipinski definition) is 5. The van der Waals surface area contributed by atoms with Crippen LogP contribution in [-0.2, 0) is 13.1 Å². The van der Waals surface area contributed by atoms with Crippen LogP contribution in [-0.4, -0.2) is 19.5 Å². The van der Waals surface area contributed by atoms with Gasteiger partial charge in [-0.15, -0.1) is 0 Å². The summed E-state index contributed by atoms with van der Waals surface area (Å²) in [4.78, 5) is 19.0. The number of nitrogens with zero attached hydrogens (tertiary/aromatic N) is 4. The van der Waals surface area contributed by atoms with Gasteiger partial charge >= 0.3 is 0 Å². The predicted octanol–water partition coefficient (Wildman–Crippen LogP) is 4.31. The number of fused-ring (bicyclic) bond motifs is 1. The molecular formula is C21H19N5O2. The largest absolute Gasteiger partial charge is 0.366 e. The number of anilines is 1. The molecule has 0 aliphatic carbocycles. The smallest absolute Gasteiger partial charge is 0.290 e. The van der Waals surface area contributed by atoms with Crippen LogP contribution in [0.1, 0.15) is 16.7 Å². The van der Waals surface area contributed by atoms with Crippen LogP contribution in [0.2, 0.25) is 0 Å². The topological polar surface area (TPSA) is 85.9 Å². The standard InChI is InChI=1S/C21H19N5O2/c1-15-10-21(23-12-20(15)26(27)28)22-11-16-6-8-17(9-7-16)13-25-14-24-18-4-2-3-5-19(18)25/h2-10,12,14H,11,13H2,1H3,(H,22,23). The molecule has 0 saturated carbocycles. The molecule has 0 unspecified atom stereocenters. The summed E-state index contributed by atoms with van der Waals surface area (Å²) in [7, 11) is 0. The van der Waals surface area contributed by atoms with Gasteiger partial charge in [-0.05, 0) is 36.2 Å². The first-order valence-corrected chi connectivity index (χ1v) is 8.93. The van der Waals surface area contributed by atoms with Gasteiger partial charge in [-0.2, -0.15) is 0 Å². The monoisotopic (exact) mass is 373 g/mol. The quantitative estimate of drug-likeness (QED) is 0.402. The van der Waals surface area contributed by atoms with E-state index < -0.39 is 4.92 Å². The van der Waals surface area contributed by atoms with Crippen molar-refractivity contribution in [3.05, 3.63) is 93.9 Å². The maximum atomic E-state index is 10.9. The third kappa shape index (κ3) is 3.68. The van der Waals surface area contributed by atoms with Crippen LogP contribution in [0.4, 0.5) is 11.5 Å². The molecule has 2 heterocycles. The third-order valence-corrected chi connectivity index (χ3v) is 4.66. The molecule has 2 aromatic heterocycles. The van der Waals surface area contributed by atoms with Gasteiger partial charge < -0.3 is 9.88 Å². The minimum Gasteiger partial charge on any atom is -0.366 e. The lowest BCUT2D eigenvalue weighted by molar-refractivity contribution is -0.385. The van der Waals surface area contributed by atoms with Crippen LogP contribution in [0.15, 0.2) is 67.1 Å². The normalized spacial score (nSPS) is 10.9. The summed E-state index contributed by atoms with van der Waals surface area (Å²) in [5, 5.41) is 14.1. The van der Waals surface area contributed by atoms with Gasteiger partial charge in [-0.1, -0.05) is 36.4 Å². The molecule has 0 fully saturated rings. The number of aryl methyl sites for hydroxylation is 1. The Hall–Kier alpha value is -3.74. The highest BCUT2D eigenvalue weighted by molar-refractivity contribution is 5.75. The Kier molecular flexibility index (Phi) is 4.72. The molecule has 0 amide bonds. The van der Waals surface area contributed by atoms with E-state index in [1.165, 1.54) is 11.8 Å². The van der Waals surface area contributed by atoms with Crippen LogP contribution >= 0.6 is 0 Å². The molecule has 28 heavy (non-hydrogen) atoms. The summed E-state index contributed by atoms with van der Waals surface area (Å²) in [6.07, 6.45) is 3.15. The Morgan fingerprint density at radius 3 is 2.57 bits per heavy atom. The van der Waals surface area contributed by atoms with E-state index in [4.69, 9.17) is 0 Å². The van der Waals surface area contributed by atoms with Crippen molar-refractivity contribution in [3.8, 4) is 0 Å². The fourth-order valence-corrected chi connectivity index (χ4v) is 3.12. The summed E-state index contributed by atoms with van der Waals surface area (Å²) in [5.41, 5.74) is 5.03. The van der Waals surface area contributed by atoms with Gasteiger partial charge in [-0.25, -0.2) is 9.97 Å². The maximum Gasteiger partial charge on any atom is 0.290 e. The SMILES string of the molecule is Cc1cc(NCc2ccc(Cn3cnc4ccccc43)cc2)ncc1[N+](=O)[O-]. The van der Waals surface area contributed by atoms with Gasteiger partial charge in [0.2, 0.25) is 0 Å². The predicted molar refractivity (Wildman–Crippen MR) is 108 cm³/mol. The van der Waals surface area contributed by atoms with Gasteiger partial charge in [0.05, 0.1) is 22.3 Å². The zero-order valence-electron chi connectivity index (χ0n) is 15.4. The molecule has 4 rings (SSSR count). The molecule has 0 aliphatic heterocycles. The zero-order valence-corrected chi connectivity index (χ0v) is 15.4. The first-order valence-electron chi connectivity index (χ1n) is 8.93. The van der Waals surface area contributed by atoms with E-state index >= 15 is 0 Å². The number of benzene rings is 2. The highest BCUT2D eigenvalue weighted by Gasteiger charge is 2.11. The van der Waals surface area contributed by atoms with Crippen LogP contribution in [0.25, 0.3) is 11.0 Å². The van der Waals surface area contributed by atoms with Gasteiger partial charge in [-0.3, -0.25) is 10.1 Å². The van der Waals surface area contributed by atoms with Crippen molar-refractivity contribution in [1.82, 2.24) is 14.5 Å². The van der Waals surface area contributed by atoms with Crippen LogP contribution in [0, 0.1) is 17.0 Å². The van der Waals surface area contributed by atoms with Crippen molar-refractivity contribution in [2.45, 2.75) is 20.0 Å². The van der Waals surface area contributed by atoms with Gasteiger partial charge in [0, 0.05) is 18.7 Å². The first-order chi connectivity index (χ1) is 13.6. The molecule has 0 aliphatic rings. The number of nitrogens with one attached hydrogen (secondary N) is 1. The number of pyridine rings is 1. The Morgan fingerprint density at radius 1 is 1.07 bits per heavy atom. The maximum absolute atomic E-state index is 10.9. The lowest BCUT2D eigenvalue weighted by Crippen LogP contribution is -2.03. The summed E-state index contributed by atoms with van der Waals surface area (Å²) in [6, 6.07) is 18.1. The Labute approximate surface area is 161 Å². The molecule has 0 radical (unpaired) electrons. The van der Waals surface area contributed by atoms with Crippen LogP contribution in [0.3, 0.4) is 0 Å². The second kappa shape index (κ2) is 7.48. The number of imidazole rings is 1. The minimum absolute atomic E-state index is 0.0296. The molecule has 140 valence electrons. The second-order valence-corrected chi connectivity index (χ2v) is 6.64. The number of para-hydroxylation sites is 2. The average molecular weight is 373 g/mol. The lowest BCUT2D eigenvalue weighted by atomic mass is 10.1. The zero-order chi connectivity index (χ0) is 19.5. The van der Waals surface area contributed by atoms with Crippen molar-refractivity contribution in [2.75, 3.05) is 5.32 Å². The van der Waals surface area contributed by atoms with Crippen LogP contribution < -0.4 is 5.32 Å². The number of nitro groups is 1. The summed E-state index contributed by atoms with van der Waals surface area (Å²) < 4.78 is 2.13. The van der Waals surface area contributed by atoms with E-state index in [2.05, 4.69) is 50.2 Å². The molecule has 7 nitrogen and oxygen atoms in total. The molecular weight excluding hydrogens is 354 g/mol. The molecule has 2 aromatic carbocycles. The fourth-order valence-electron chi connectivity index (χ4n) is 3.12. The van der Waals surface area contributed by atoms with Crippen LogP contribution in [0.5, 0.6) is 0 Å². The van der Waals surface area contributed by atoms with E-state index in [-0.39, 0.29) is 5.69 Å². The van der Waals surface area contributed by atoms with E-state index in [0.29, 0.717) is 17.9 Å². The molecule has 0 atom stereocenters. The van der Waals surface area contributed by atoms with Gasteiger partial charge in [0.25, 0.3) is 5.69 Å². The van der Waals surface area contributed by atoms with Crippen molar-refractivity contribution < 1.29 is 4.92 Å². The molecule has 7 heteroatoms. The van der Waals surface area contributed by atoms with Gasteiger partial charge in [0.1, 0.15) is 12.0 Å². The second-order valence-electron chi connectivity index (χ2n) is 6.64. The Morgan fingerprint density at radius 2 is 1.82 bits per heavy atom. The summed E-state index contributed by atoms with van der Waals surface area (Å²) in [5.74, 6) is 0.622. The first kappa shape index (κ1) is 17.7. The lowest BCUT2D eigenvalue weighted by Gasteiger charge is -2.08. The minimum atomic E-state index is -0.422. The van der Waals surface area contributed by atoms with Crippen molar-refractivity contribution in [2.24, 2.45) is 0 Å². The molecule has 0 saturated heterocycles. The summed E-state index contributed by atoms with van der Waals surface area (Å²) >= 11 is 0. The van der Waals surface area contributed by atoms with Crippen molar-refractivity contribution >= 4 is 22.5 Å². The van der Waals surface area contributed by atoms with Crippen molar-refractivity contribution in [1.29, 1.82) is 0 Å². The number of rotatable bonds is 6. The number of aromatic nitrogens is 3. The Balaban J connectivity index is 1.41. The van der Waals surface area contributed by atoms with E-state index in [0.717, 1.165) is 23.1 Å². The third-order valence-electron chi connectivity index (χ3n) is 4.66. The fraction of sp³-hybridized carbons (Fsp3) is 0.143.